The molecule has 24 heavy (non-hydrogen) atoms. The molecule has 2 atom stereocenters. The Morgan fingerprint density at radius 3 is 2.42 bits per heavy atom. The van der Waals surface area contributed by atoms with E-state index in [-0.39, 0.29) is 6.42 Å². The van der Waals surface area contributed by atoms with Crippen LogP contribution in [0.1, 0.15) is 22.8 Å². The summed E-state index contributed by atoms with van der Waals surface area (Å²) < 4.78 is 56.3. The number of hydrogen-bond acceptors (Lipinski definition) is 2. The van der Waals surface area contributed by atoms with Crippen LogP contribution in [0.15, 0.2) is 48.5 Å². The van der Waals surface area contributed by atoms with Crippen molar-refractivity contribution in [3.8, 4) is 0 Å². The van der Waals surface area contributed by atoms with Gasteiger partial charge in [-0.2, -0.15) is 13.2 Å². The highest BCUT2D eigenvalue weighted by Crippen LogP contribution is 2.31. The van der Waals surface area contributed by atoms with E-state index in [0.717, 1.165) is 12.1 Å². The molecule has 1 aliphatic heterocycles. The van der Waals surface area contributed by atoms with Gasteiger partial charge >= 0.3 is 12.3 Å². The van der Waals surface area contributed by atoms with E-state index in [1.807, 2.05) is 0 Å². The fraction of sp³-hybridized carbons (Fsp3) is 0.235. The van der Waals surface area contributed by atoms with Gasteiger partial charge in [-0.25, -0.2) is 9.18 Å². The standard InChI is InChI=1S/C17H13F4NO2/c18-13-3-1-2-11(9-13)15-14(22-16(23)24-15)8-10-4-6-12(7-5-10)17(19,20)21/h1-7,9,14-15H,8H2,(H,22,23). The van der Waals surface area contributed by atoms with E-state index in [2.05, 4.69) is 5.32 Å². The van der Waals surface area contributed by atoms with E-state index < -0.39 is 35.8 Å². The molecule has 1 saturated heterocycles. The van der Waals surface area contributed by atoms with Crippen molar-refractivity contribution in [2.45, 2.75) is 24.7 Å². The molecule has 0 saturated carbocycles. The van der Waals surface area contributed by atoms with Crippen molar-refractivity contribution in [1.82, 2.24) is 5.32 Å². The predicted molar refractivity (Wildman–Crippen MR) is 77.7 cm³/mol. The van der Waals surface area contributed by atoms with E-state index >= 15 is 0 Å². The van der Waals surface area contributed by atoms with Crippen molar-refractivity contribution in [2.75, 3.05) is 0 Å². The van der Waals surface area contributed by atoms with Crippen molar-refractivity contribution in [1.29, 1.82) is 0 Å². The molecule has 0 aromatic heterocycles. The highest BCUT2D eigenvalue weighted by Gasteiger charge is 2.36. The van der Waals surface area contributed by atoms with Crippen LogP contribution in [-0.4, -0.2) is 12.1 Å². The molecule has 3 rings (SSSR count). The topological polar surface area (TPSA) is 38.3 Å². The molecule has 1 amide bonds. The molecule has 2 aromatic carbocycles. The normalized spacial score (nSPS) is 20.6. The van der Waals surface area contributed by atoms with E-state index in [4.69, 9.17) is 4.74 Å². The molecule has 7 heteroatoms. The maximum absolute atomic E-state index is 13.4. The Bertz CT molecular complexity index is 743. The number of cyclic esters (lactones) is 1. The van der Waals surface area contributed by atoms with E-state index in [1.165, 1.54) is 30.3 Å². The maximum Gasteiger partial charge on any atom is 0.416 e. The Balaban J connectivity index is 1.79. The summed E-state index contributed by atoms with van der Waals surface area (Å²) in [4.78, 5) is 11.5. The van der Waals surface area contributed by atoms with Gasteiger partial charge in [0.25, 0.3) is 0 Å². The van der Waals surface area contributed by atoms with Gasteiger partial charge in [0.15, 0.2) is 0 Å². The van der Waals surface area contributed by atoms with Gasteiger partial charge in [0, 0.05) is 0 Å². The number of carbonyl (C=O) groups is 1. The summed E-state index contributed by atoms with van der Waals surface area (Å²) in [6, 6.07) is 9.89. The fourth-order valence-electron chi connectivity index (χ4n) is 2.68. The molecule has 126 valence electrons. The lowest BCUT2D eigenvalue weighted by molar-refractivity contribution is -0.137. The quantitative estimate of drug-likeness (QED) is 0.850. The summed E-state index contributed by atoms with van der Waals surface area (Å²) in [5, 5.41) is 2.61. The highest BCUT2D eigenvalue weighted by atomic mass is 19.4. The Kier molecular flexibility index (Phi) is 4.17. The number of alkyl carbamates (subject to hydrolysis) is 1. The number of ether oxygens (including phenoxy) is 1. The van der Waals surface area contributed by atoms with E-state index in [0.29, 0.717) is 11.1 Å². The van der Waals surface area contributed by atoms with Gasteiger partial charge in [-0.3, -0.25) is 0 Å². The number of hydrogen-bond donors (Lipinski definition) is 1. The summed E-state index contributed by atoms with van der Waals surface area (Å²) in [6.07, 6.45) is -5.46. The number of amides is 1. The van der Waals surface area contributed by atoms with Crippen molar-refractivity contribution in [2.24, 2.45) is 0 Å². The predicted octanol–water partition coefficient (Wildman–Crippen LogP) is 4.24. The Labute approximate surface area is 135 Å². The van der Waals surface area contributed by atoms with Gasteiger partial charge in [-0.05, 0) is 41.8 Å². The molecule has 0 aliphatic carbocycles. The van der Waals surface area contributed by atoms with E-state index in [9.17, 15) is 22.4 Å². The second-order valence-electron chi connectivity index (χ2n) is 5.53. The first-order chi connectivity index (χ1) is 11.3. The SMILES string of the molecule is O=C1NC(Cc2ccc(C(F)(F)F)cc2)C(c2cccc(F)c2)O1. The van der Waals surface area contributed by atoms with Crippen LogP contribution in [-0.2, 0) is 17.3 Å². The molecule has 1 N–H and O–H groups in total. The molecule has 1 aliphatic rings. The molecule has 0 spiro atoms. The zero-order chi connectivity index (χ0) is 17.3. The molecule has 1 fully saturated rings. The second-order valence-corrected chi connectivity index (χ2v) is 5.53. The summed E-state index contributed by atoms with van der Waals surface area (Å²) >= 11 is 0. The molecule has 3 nitrogen and oxygen atoms in total. The summed E-state index contributed by atoms with van der Waals surface area (Å²) in [6.45, 7) is 0. The average molecular weight is 339 g/mol. The monoisotopic (exact) mass is 339 g/mol. The van der Waals surface area contributed by atoms with Gasteiger partial charge < -0.3 is 10.1 Å². The maximum atomic E-state index is 13.4. The third-order valence-electron chi connectivity index (χ3n) is 3.82. The number of benzene rings is 2. The third kappa shape index (κ3) is 3.50. The van der Waals surface area contributed by atoms with Crippen molar-refractivity contribution >= 4 is 6.09 Å². The minimum Gasteiger partial charge on any atom is -0.439 e. The molecule has 0 radical (unpaired) electrons. The minimum absolute atomic E-state index is 0.269. The lowest BCUT2D eigenvalue weighted by atomic mass is 9.96. The zero-order valence-electron chi connectivity index (χ0n) is 12.3. The van der Waals surface area contributed by atoms with Crippen LogP contribution in [0.25, 0.3) is 0 Å². The molecule has 0 bridgehead atoms. The zero-order valence-corrected chi connectivity index (χ0v) is 12.3. The van der Waals surface area contributed by atoms with Crippen LogP contribution in [0, 0.1) is 5.82 Å². The van der Waals surface area contributed by atoms with Crippen LogP contribution in [0.5, 0.6) is 0 Å². The van der Waals surface area contributed by atoms with Crippen LogP contribution >= 0.6 is 0 Å². The number of carbonyl (C=O) groups excluding carboxylic acids is 1. The number of alkyl halides is 3. The number of halogens is 4. The van der Waals surface area contributed by atoms with Crippen molar-refractivity contribution < 1.29 is 27.1 Å². The Morgan fingerprint density at radius 2 is 1.79 bits per heavy atom. The van der Waals surface area contributed by atoms with Crippen LogP contribution in [0.4, 0.5) is 22.4 Å². The van der Waals surface area contributed by atoms with Crippen molar-refractivity contribution in [3.63, 3.8) is 0 Å². The first-order valence-electron chi connectivity index (χ1n) is 7.22. The lowest BCUT2D eigenvalue weighted by Crippen LogP contribution is -2.30. The summed E-state index contributed by atoms with van der Waals surface area (Å²) in [5.41, 5.74) is 0.366. The van der Waals surface area contributed by atoms with Gasteiger partial charge in [0.05, 0.1) is 11.6 Å². The lowest BCUT2D eigenvalue weighted by Gasteiger charge is -2.17. The number of rotatable bonds is 3. The second kappa shape index (κ2) is 6.14. The van der Waals surface area contributed by atoms with Gasteiger partial charge in [0.1, 0.15) is 11.9 Å². The molecule has 2 unspecified atom stereocenters. The third-order valence-corrected chi connectivity index (χ3v) is 3.82. The van der Waals surface area contributed by atoms with Gasteiger partial charge in [-0.1, -0.05) is 24.3 Å². The van der Waals surface area contributed by atoms with Crippen molar-refractivity contribution in [3.05, 3.63) is 71.0 Å². The Hall–Kier alpha value is -2.57. The average Bonchev–Trinajstić information content (AvgIpc) is 2.87. The molecular weight excluding hydrogens is 326 g/mol. The smallest absolute Gasteiger partial charge is 0.416 e. The minimum atomic E-state index is -4.40. The largest absolute Gasteiger partial charge is 0.439 e. The molecule has 2 aromatic rings. The Morgan fingerprint density at radius 1 is 1.08 bits per heavy atom. The van der Waals surface area contributed by atoms with Crippen LogP contribution in [0.2, 0.25) is 0 Å². The molecule has 1 heterocycles. The molecular formula is C17H13F4NO2. The highest BCUT2D eigenvalue weighted by molar-refractivity contribution is 5.70. The number of nitrogens with one attached hydrogen (secondary N) is 1. The van der Waals surface area contributed by atoms with Gasteiger partial charge in [-0.15, -0.1) is 0 Å². The van der Waals surface area contributed by atoms with Crippen LogP contribution < -0.4 is 5.32 Å². The fourth-order valence-corrected chi connectivity index (χ4v) is 2.68. The van der Waals surface area contributed by atoms with E-state index in [1.54, 1.807) is 6.07 Å². The first kappa shape index (κ1) is 16.3. The summed E-state index contributed by atoms with van der Waals surface area (Å²) in [7, 11) is 0. The van der Waals surface area contributed by atoms with Crippen LogP contribution in [0.3, 0.4) is 0 Å². The summed E-state index contributed by atoms with van der Waals surface area (Å²) in [5.74, 6) is -0.455. The van der Waals surface area contributed by atoms with Gasteiger partial charge in [0.2, 0.25) is 0 Å². The first-order valence-corrected chi connectivity index (χ1v) is 7.22.